The number of carbonyl (C=O) groups is 1. The molecule has 35 heavy (non-hydrogen) atoms. The van der Waals surface area contributed by atoms with Gasteiger partial charge in [-0.2, -0.15) is 0 Å². The summed E-state index contributed by atoms with van der Waals surface area (Å²) < 4.78 is 28.2. The van der Waals surface area contributed by atoms with Crippen molar-refractivity contribution in [1.82, 2.24) is 4.57 Å². The standard InChI is InChI=1S/C26H17F2N3O3S/c27-16-7-10-18(11-8-16)30-21(12-6-15-4-2-1-3-5-15)22(29-26(30)35)24(33)31-20-13-9-17(28)14-19(20)23(32)25(31)34/h1-14,21,32,34H/b12-6+. The number of fused-ring (bicyclic) bond motifs is 1. The van der Waals surface area contributed by atoms with Gasteiger partial charge in [-0.05, 0) is 60.2 Å². The fourth-order valence-electron chi connectivity index (χ4n) is 4.01. The second-order valence-corrected chi connectivity index (χ2v) is 8.18. The minimum atomic E-state index is -0.805. The molecule has 0 saturated carbocycles. The number of benzene rings is 3. The first-order chi connectivity index (χ1) is 16.8. The summed E-state index contributed by atoms with van der Waals surface area (Å²) >= 11 is 5.45. The Morgan fingerprint density at radius 1 is 0.971 bits per heavy atom. The predicted octanol–water partition coefficient (Wildman–Crippen LogP) is 5.30. The Bertz CT molecular complexity index is 1530. The van der Waals surface area contributed by atoms with E-state index in [1.807, 2.05) is 30.3 Å². The Hall–Kier alpha value is -4.37. The molecule has 1 aromatic heterocycles. The molecule has 5 rings (SSSR count). The van der Waals surface area contributed by atoms with Gasteiger partial charge in [0, 0.05) is 11.1 Å². The van der Waals surface area contributed by atoms with Crippen molar-refractivity contribution in [3.05, 3.63) is 96.1 Å². The number of carbonyl (C=O) groups excluding carboxylic acids is 1. The van der Waals surface area contributed by atoms with Crippen LogP contribution in [-0.2, 0) is 0 Å². The Morgan fingerprint density at radius 2 is 1.66 bits per heavy atom. The van der Waals surface area contributed by atoms with Gasteiger partial charge >= 0.3 is 0 Å². The van der Waals surface area contributed by atoms with Gasteiger partial charge in [0.1, 0.15) is 23.4 Å². The number of rotatable bonds is 4. The zero-order valence-electron chi connectivity index (χ0n) is 18.0. The fourth-order valence-corrected chi connectivity index (χ4v) is 4.33. The van der Waals surface area contributed by atoms with Gasteiger partial charge in [0.05, 0.1) is 5.52 Å². The van der Waals surface area contributed by atoms with E-state index < -0.39 is 35.2 Å². The summed E-state index contributed by atoms with van der Waals surface area (Å²) in [4.78, 5) is 19.6. The molecule has 1 aliphatic rings. The smallest absolute Gasteiger partial charge is 0.282 e. The van der Waals surface area contributed by atoms with E-state index in [2.05, 4.69) is 4.99 Å². The fraction of sp³-hybridized carbons (Fsp3) is 0.0385. The number of aliphatic imine (C=N–C) groups is 1. The number of aromatic hydroxyl groups is 2. The van der Waals surface area contributed by atoms with Crippen molar-refractivity contribution in [1.29, 1.82) is 0 Å². The van der Waals surface area contributed by atoms with Crippen LogP contribution in [-0.4, -0.2) is 37.6 Å². The average molecular weight is 490 g/mol. The Balaban J connectivity index is 1.62. The van der Waals surface area contributed by atoms with Crippen LogP contribution in [0, 0.1) is 11.6 Å². The molecule has 1 atom stereocenters. The zero-order valence-corrected chi connectivity index (χ0v) is 18.8. The van der Waals surface area contributed by atoms with Gasteiger partial charge in [-0.1, -0.05) is 42.5 Å². The molecule has 0 spiro atoms. The van der Waals surface area contributed by atoms with E-state index in [9.17, 15) is 23.8 Å². The zero-order chi connectivity index (χ0) is 24.7. The molecule has 0 radical (unpaired) electrons. The maximum absolute atomic E-state index is 13.7. The molecule has 6 nitrogen and oxygen atoms in total. The summed E-state index contributed by atoms with van der Waals surface area (Å²) in [5.41, 5.74) is 1.43. The van der Waals surface area contributed by atoms with Crippen molar-refractivity contribution in [2.75, 3.05) is 4.90 Å². The molecule has 0 bridgehead atoms. The molecular weight excluding hydrogens is 472 g/mol. The summed E-state index contributed by atoms with van der Waals surface area (Å²) in [7, 11) is 0. The van der Waals surface area contributed by atoms with E-state index in [-0.39, 0.29) is 21.7 Å². The van der Waals surface area contributed by atoms with Crippen LogP contribution < -0.4 is 4.90 Å². The van der Waals surface area contributed by atoms with Gasteiger partial charge in [0.2, 0.25) is 11.0 Å². The molecule has 3 aromatic carbocycles. The highest BCUT2D eigenvalue weighted by Gasteiger charge is 2.38. The average Bonchev–Trinajstić information content (AvgIpc) is 3.32. The number of anilines is 1. The molecule has 9 heteroatoms. The monoisotopic (exact) mass is 489 g/mol. The van der Waals surface area contributed by atoms with Gasteiger partial charge in [0.25, 0.3) is 5.91 Å². The lowest BCUT2D eigenvalue weighted by Crippen LogP contribution is -2.40. The van der Waals surface area contributed by atoms with Gasteiger partial charge in [-0.15, -0.1) is 0 Å². The first-order valence-electron chi connectivity index (χ1n) is 10.5. The summed E-state index contributed by atoms with van der Waals surface area (Å²) in [6.45, 7) is 0. The van der Waals surface area contributed by atoms with E-state index >= 15 is 0 Å². The number of aromatic nitrogens is 1. The van der Waals surface area contributed by atoms with E-state index in [1.54, 1.807) is 17.1 Å². The second kappa shape index (κ2) is 8.77. The summed E-state index contributed by atoms with van der Waals surface area (Å²) in [5, 5.41) is 20.9. The van der Waals surface area contributed by atoms with Crippen molar-refractivity contribution in [3.8, 4) is 11.6 Å². The number of thiocarbonyl (C=S) groups is 1. The molecular formula is C26H17F2N3O3S. The van der Waals surface area contributed by atoms with Crippen LogP contribution in [0.5, 0.6) is 11.6 Å². The maximum atomic E-state index is 13.7. The quantitative estimate of drug-likeness (QED) is 0.381. The lowest BCUT2D eigenvalue weighted by atomic mass is 10.1. The van der Waals surface area contributed by atoms with Gasteiger partial charge < -0.3 is 15.1 Å². The number of hydrogen-bond acceptors (Lipinski definition) is 4. The molecule has 174 valence electrons. The predicted molar refractivity (Wildman–Crippen MR) is 134 cm³/mol. The molecule has 0 saturated heterocycles. The first-order valence-corrected chi connectivity index (χ1v) is 10.9. The third-order valence-corrected chi connectivity index (χ3v) is 5.94. The van der Waals surface area contributed by atoms with Crippen LogP contribution in [0.3, 0.4) is 0 Å². The molecule has 1 unspecified atom stereocenters. The SMILES string of the molecule is O=C(C1=NC(=S)N(c2ccc(F)cc2)C1/C=C/c1ccccc1)n1c(O)c(O)c2cc(F)ccc21. The maximum Gasteiger partial charge on any atom is 0.282 e. The van der Waals surface area contributed by atoms with Gasteiger partial charge in [0.15, 0.2) is 5.75 Å². The normalized spacial score (nSPS) is 15.8. The lowest BCUT2D eigenvalue weighted by molar-refractivity contribution is 0.0983. The summed E-state index contributed by atoms with van der Waals surface area (Å²) in [6, 6.07) is 17.5. The van der Waals surface area contributed by atoms with E-state index in [0.717, 1.165) is 22.3 Å². The van der Waals surface area contributed by atoms with Gasteiger partial charge in [-0.3, -0.25) is 4.79 Å². The summed E-state index contributed by atoms with van der Waals surface area (Å²) in [5.74, 6) is -3.19. The first kappa shape index (κ1) is 22.4. The largest absolute Gasteiger partial charge is 0.503 e. The Morgan fingerprint density at radius 3 is 2.37 bits per heavy atom. The Labute approximate surface area is 203 Å². The van der Waals surface area contributed by atoms with Crippen LogP contribution in [0.25, 0.3) is 17.0 Å². The number of nitrogens with zero attached hydrogens (tertiary/aromatic N) is 3. The number of hydrogen-bond donors (Lipinski definition) is 2. The van der Waals surface area contributed by atoms with Crippen LogP contribution in [0.1, 0.15) is 10.4 Å². The molecule has 4 aromatic rings. The highest BCUT2D eigenvalue weighted by molar-refractivity contribution is 7.80. The number of halogens is 2. The molecule has 0 aliphatic carbocycles. The Kier molecular flexibility index (Phi) is 5.62. The third kappa shape index (κ3) is 3.95. The minimum Gasteiger partial charge on any atom is -0.503 e. The second-order valence-electron chi connectivity index (χ2n) is 7.81. The van der Waals surface area contributed by atoms with Crippen molar-refractivity contribution >= 4 is 51.6 Å². The van der Waals surface area contributed by atoms with Crippen LogP contribution in [0.15, 0.2) is 83.9 Å². The van der Waals surface area contributed by atoms with Crippen molar-refractivity contribution in [2.45, 2.75) is 6.04 Å². The van der Waals surface area contributed by atoms with Crippen molar-refractivity contribution in [2.24, 2.45) is 4.99 Å². The molecule has 2 N–H and O–H groups in total. The van der Waals surface area contributed by atoms with Crippen molar-refractivity contribution < 1.29 is 23.8 Å². The molecule has 0 fully saturated rings. The topological polar surface area (TPSA) is 78.1 Å². The highest BCUT2D eigenvalue weighted by atomic mass is 32.1. The molecule has 0 amide bonds. The minimum absolute atomic E-state index is 0.0243. The third-order valence-electron chi connectivity index (χ3n) is 5.66. The van der Waals surface area contributed by atoms with Crippen LogP contribution in [0.2, 0.25) is 0 Å². The lowest BCUT2D eigenvalue weighted by Gasteiger charge is -2.24. The van der Waals surface area contributed by atoms with E-state index in [1.165, 1.54) is 30.3 Å². The van der Waals surface area contributed by atoms with E-state index in [4.69, 9.17) is 12.2 Å². The van der Waals surface area contributed by atoms with E-state index in [0.29, 0.717) is 5.69 Å². The van der Waals surface area contributed by atoms with Crippen molar-refractivity contribution in [3.63, 3.8) is 0 Å². The molecule has 1 aliphatic heterocycles. The van der Waals surface area contributed by atoms with Crippen LogP contribution in [0.4, 0.5) is 14.5 Å². The van der Waals surface area contributed by atoms with Crippen LogP contribution >= 0.6 is 12.2 Å². The molecule has 2 heterocycles. The highest BCUT2D eigenvalue weighted by Crippen LogP contribution is 2.38. The summed E-state index contributed by atoms with van der Waals surface area (Å²) in [6.07, 6.45) is 3.51. The van der Waals surface area contributed by atoms with Gasteiger partial charge in [-0.25, -0.2) is 18.3 Å².